The van der Waals surface area contributed by atoms with Gasteiger partial charge in [0.25, 0.3) is 0 Å². The average Bonchev–Trinajstić information content (AvgIpc) is 2.68. The first-order valence-electron chi connectivity index (χ1n) is 5.16. The van der Waals surface area contributed by atoms with Crippen molar-refractivity contribution in [3.8, 4) is 0 Å². The number of carbonyl (C=O) groups is 1. The minimum atomic E-state index is -0.134. The van der Waals surface area contributed by atoms with E-state index in [1.807, 2.05) is 0 Å². The lowest BCUT2D eigenvalue weighted by Crippen LogP contribution is -2.17. The van der Waals surface area contributed by atoms with Crippen LogP contribution in [-0.4, -0.2) is 31.2 Å². The normalized spacial score (nSPS) is 21.1. The second-order valence-corrected chi connectivity index (χ2v) is 3.84. The van der Waals surface area contributed by atoms with Crippen molar-refractivity contribution < 1.29 is 14.3 Å². The van der Waals surface area contributed by atoms with Gasteiger partial charge in [0.1, 0.15) is 6.61 Å². The van der Waals surface area contributed by atoms with E-state index in [9.17, 15) is 4.79 Å². The molecule has 0 aromatic rings. The highest BCUT2D eigenvalue weighted by molar-refractivity contribution is 6.17. The molecule has 82 valence electrons. The molecule has 0 aromatic heterocycles. The highest BCUT2D eigenvalue weighted by Crippen LogP contribution is 2.12. The standard InChI is InChI=1S/C10H17ClO3/c11-6-2-1-5-10(12)14-8-9-4-3-7-13-9/h9H,1-8H2. The molecule has 1 aliphatic heterocycles. The lowest BCUT2D eigenvalue weighted by atomic mass is 10.2. The van der Waals surface area contributed by atoms with Gasteiger partial charge in [-0.2, -0.15) is 0 Å². The number of rotatable bonds is 6. The maximum absolute atomic E-state index is 11.2. The van der Waals surface area contributed by atoms with Gasteiger partial charge in [0.15, 0.2) is 0 Å². The lowest BCUT2D eigenvalue weighted by molar-refractivity contribution is -0.146. The summed E-state index contributed by atoms with van der Waals surface area (Å²) in [5.74, 6) is 0.476. The molecule has 3 nitrogen and oxygen atoms in total. The minimum Gasteiger partial charge on any atom is -0.463 e. The Labute approximate surface area is 89.7 Å². The topological polar surface area (TPSA) is 35.5 Å². The molecule has 0 amide bonds. The Bertz CT molecular complexity index is 167. The molecule has 0 bridgehead atoms. The summed E-state index contributed by atoms with van der Waals surface area (Å²) in [6, 6.07) is 0. The smallest absolute Gasteiger partial charge is 0.305 e. The Balaban J connectivity index is 1.96. The Morgan fingerprint density at radius 3 is 3.00 bits per heavy atom. The van der Waals surface area contributed by atoms with E-state index in [-0.39, 0.29) is 12.1 Å². The molecule has 1 fully saturated rings. The number of hydrogen-bond donors (Lipinski definition) is 0. The SMILES string of the molecule is O=C(CCCCCl)OCC1CCCO1. The fourth-order valence-corrected chi connectivity index (χ4v) is 1.59. The summed E-state index contributed by atoms with van der Waals surface area (Å²) < 4.78 is 10.4. The molecule has 1 heterocycles. The first kappa shape index (κ1) is 11.8. The van der Waals surface area contributed by atoms with Gasteiger partial charge in [0.05, 0.1) is 6.10 Å². The summed E-state index contributed by atoms with van der Waals surface area (Å²) in [6.45, 7) is 1.22. The molecule has 1 unspecified atom stereocenters. The van der Waals surface area contributed by atoms with E-state index in [0.717, 1.165) is 32.3 Å². The van der Waals surface area contributed by atoms with Crippen molar-refractivity contribution in [2.24, 2.45) is 0 Å². The molecular weight excluding hydrogens is 204 g/mol. The van der Waals surface area contributed by atoms with Gasteiger partial charge >= 0.3 is 5.97 Å². The Morgan fingerprint density at radius 2 is 2.36 bits per heavy atom. The van der Waals surface area contributed by atoms with E-state index >= 15 is 0 Å². The molecule has 1 aliphatic rings. The summed E-state index contributed by atoms with van der Waals surface area (Å²) in [7, 11) is 0. The molecule has 4 heteroatoms. The van der Waals surface area contributed by atoms with Crippen molar-refractivity contribution in [2.45, 2.75) is 38.2 Å². The molecule has 0 spiro atoms. The minimum absolute atomic E-state index is 0.131. The highest BCUT2D eigenvalue weighted by Gasteiger charge is 2.17. The number of unbranched alkanes of at least 4 members (excludes halogenated alkanes) is 1. The van der Waals surface area contributed by atoms with Crippen LogP contribution in [0.25, 0.3) is 0 Å². The fourth-order valence-electron chi connectivity index (χ4n) is 1.40. The third-order valence-corrected chi connectivity index (χ3v) is 2.49. The van der Waals surface area contributed by atoms with E-state index in [1.54, 1.807) is 0 Å². The van der Waals surface area contributed by atoms with Crippen LogP contribution in [-0.2, 0) is 14.3 Å². The third kappa shape index (κ3) is 4.82. The molecule has 1 atom stereocenters. The van der Waals surface area contributed by atoms with Crippen LogP contribution in [0.3, 0.4) is 0 Å². The predicted molar refractivity (Wildman–Crippen MR) is 54.5 cm³/mol. The zero-order chi connectivity index (χ0) is 10.2. The summed E-state index contributed by atoms with van der Waals surface area (Å²) in [4.78, 5) is 11.2. The van der Waals surface area contributed by atoms with E-state index in [4.69, 9.17) is 21.1 Å². The number of hydrogen-bond acceptors (Lipinski definition) is 3. The van der Waals surface area contributed by atoms with Crippen LogP contribution in [0.5, 0.6) is 0 Å². The number of halogens is 1. The zero-order valence-electron chi connectivity index (χ0n) is 8.34. The highest BCUT2D eigenvalue weighted by atomic mass is 35.5. The Morgan fingerprint density at radius 1 is 1.50 bits per heavy atom. The molecule has 0 aliphatic carbocycles. The summed E-state index contributed by atoms with van der Waals surface area (Å²) in [5, 5.41) is 0. The van der Waals surface area contributed by atoms with E-state index in [1.165, 1.54) is 0 Å². The van der Waals surface area contributed by atoms with Crippen LogP contribution in [0.1, 0.15) is 32.1 Å². The van der Waals surface area contributed by atoms with Crippen molar-refractivity contribution in [2.75, 3.05) is 19.1 Å². The van der Waals surface area contributed by atoms with E-state index < -0.39 is 0 Å². The first-order chi connectivity index (χ1) is 6.83. The largest absolute Gasteiger partial charge is 0.463 e. The molecular formula is C10H17ClO3. The molecule has 0 aromatic carbocycles. The Kier molecular flexibility index (Phi) is 5.96. The van der Waals surface area contributed by atoms with Crippen LogP contribution in [0, 0.1) is 0 Å². The van der Waals surface area contributed by atoms with Crippen molar-refractivity contribution in [3.05, 3.63) is 0 Å². The second-order valence-electron chi connectivity index (χ2n) is 3.46. The number of esters is 1. The number of alkyl halides is 1. The van der Waals surface area contributed by atoms with E-state index in [2.05, 4.69) is 0 Å². The molecule has 1 rings (SSSR count). The van der Waals surface area contributed by atoms with Crippen LogP contribution in [0.15, 0.2) is 0 Å². The van der Waals surface area contributed by atoms with E-state index in [0.29, 0.717) is 18.9 Å². The monoisotopic (exact) mass is 220 g/mol. The fraction of sp³-hybridized carbons (Fsp3) is 0.900. The van der Waals surface area contributed by atoms with Gasteiger partial charge in [-0.25, -0.2) is 0 Å². The van der Waals surface area contributed by atoms with Gasteiger partial charge in [-0.05, 0) is 25.7 Å². The van der Waals surface area contributed by atoms with Crippen molar-refractivity contribution in [1.29, 1.82) is 0 Å². The molecule has 0 N–H and O–H groups in total. The summed E-state index contributed by atoms with van der Waals surface area (Å²) >= 11 is 5.49. The summed E-state index contributed by atoms with van der Waals surface area (Å²) in [5.41, 5.74) is 0. The van der Waals surface area contributed by atoms with Crippen LogP contribution in [0.4, 0.5) is 0 Å². The first-order valence-corrected chi connectivity index (χ1v) is 5.69. The molecule has 0 saturated carbocycles. The van der Waals surface area contributed by atoms with Gasteiger partial charge in [-0.3, -0.25) is 4.79 Å². The lowest BCUT2D eigenvalue weighted by Gasteiger charge is -2.09. The van der Waals surface area contributed by atoms with Crippen molar-refractivity contribution in [3.63, 3.8) is 0 Å². The van der Waals surface area contributed by atoms with Crippen molar-refractivity contribution in [1.82, 2.24) is 0 Å². The van der Waals surface area contributed by atoms with Gasteiger partial charge in [0, 0.05) is 18.9 Å². The molecule has 0 radical (unpaired) electrons. The predicted octanol–water partition coefficient (Wildman–Crippen LogP) is 2.12. The number of carbonyl (C=O) groups excluding carboxylic acids is 1. The van der Waals surface area contributed by atoms with Gasteiger partial charge in [-0.1, -0.05) is 0 Å². The molecule has 14 heavy (non-hydrogen) atoms. The van der Waals surface area contributed by atoms with Gasteiger partial charge in [-0.15, -0.1) is 11.6 Å². The number of ether oxygens (including phenoxy) is 2. The maximum atomic E-state index is 11.2. The van der Waals surface area contributed by atoms with Crippen LogP contribution < -0.4 is 0 Å². The van der Waals surface area contributed by atoms with Gasteiger partial charge < -0.3 is 9.47 Å². The average molecular weight is 221 g/mol. The van der Waals surface area contributed by atoms with Crippen LogP contribution >= 0.6 is 11.6 Å². The maximum Gasteiger partial charge on any atom is 0.305 e. The second kappa shape index (κ2) is 7.07. The van der Waals surface area contributed by atoms with Gasteiger partial charge in [0.2, 0.25) is 0 Å². The summed E-state index contributed by atoms with van der Waals surface area (Å²) in [6.07, 6.45) is 4.37. The third-order valence-electron chi connectivity index (χ3n) is 2.22. The Hall–Kier alpha value is -0.280. The van der Waals surface area contributed by atoms with Crippen LogP contribution in [0.2, 0.25) is 0 Å². The molecule has 1 saturated heterocycles. The van der Waals surface area contributed by atoms with Crippen molar-refractivity contribution >= 4 is 17.6 Å². The zero-order valence-corrected chi connectivity index (χ0v) is 9.09. The quantitative estimate of drug-likeness (QED) is 0.391.